The normalized spacial score (nSPS) is 22.3. The van der Waals surface area contributed by atoms with Crippen molar-refractivity contribution in [2.24, 2.45) is 5.92 Å². The van der Waals surface area contributed by atoms with Crippen molar-refractivity contribution >= 4 is 6.03 Å². The van der Waals surface area contributed by atoms with Crippen molar-refractivity contribution in [3.63, 3.8) is 0 Å². The average molecular weight is 251 g/mol. The van der Waals surface area contributed by atoms with E-state index in [1.807, 2.05) is 13.8 Å². The van der Waals surface area contributed by atoms with Gasteiger partial charge in [-0.15, -0.1) is 6.42 Å². The standard InChI is InChI=1S/C14H25N3O/c1-5-13(11(3)4)16-14(18)15-12-8-7-9-17(6-2)10-12/h1,11-13H,6-10H2,2-4H3,(H2,15,16,18)/t12-,13-/m0/s1. The molecule has 2 N–H and O–H groups in total. The van der Waals surface area contributed by atoms with Crippen LogP contribution in [0, 0.1) is 18.3 Å². The van der Waals surface area contributed by atoms with Crippen LogP contribution in [-0.4, -0.2) is 42.6 Å². The number of carbonyl (C=O) groups is 1. The minimum absolute atomic E-state index is 0.144. The van der Waals surface area contributed by atoms with Crippen LogP contribution in [0.15, 0.2) is 0 Å². The van der Waals surface area contributed by atoms with E-state index >= 15 is 0 Å². The summed E-state index contributed by atoms with van der Waals surface area (Å²) in [5, 5.41) is 5.86. The molecule has 0 aromatic carbocycles. The Balaban J connectivity index is 2.38. The number of carbonyl (C=O) groups excluding carboxylic acids is 1. The van der Waals surface area contributed by atoms with Crippen molar-refractivity contribution in [3.8, 4) is 12.3 Å². The molecule has 2 amide bonds. The first-order valence-corrected chi connectivity index (χ1v) is 6.82. The van der Waals surface area contributed by atoms with Crippen molar-refractivity contribution in [1.82, 2.24) is 15.5 Å². The predicted octanol–water partition coefficient (Wildman–Crippen LogP) is 1.43. The molecule has 18 heavy (non-hydrogen) atoms. The van der Waals surface area contributed by atoms with Gasteiger partial charge >= 0.3 is 6.03 Å². The summed E-state index contributed by atoms with van der Waals surface area (Å²) in [4.78, 5) is 14.2. The van der Waals surface area contributed by atoms with E-state index < -0.39 is 0 Å². The molecule has 0 unspecified atom stereocenters. The van der Waals surface area contributed by atoms with E-state index in [4.69, 9.17) is 6.42 Å². The molecule has 1 heterocycles. The number of urea groups is 1. The van der Waals surface area contributed by atoms with Crippen LogP contribution >= 0.6 is 0 Å². The van der Waals surface area contributed by atoms with E-state index in [0.717, 1.165) is 32.5 Å². The van der Waals surface area contributed by atoms with Gasteiger partial charge in [0.1, 0.15) is 0 Å². The van der Waals surface area contributed by atoms with Crippen LogP contribution in [-0.2, 0) is 0 Å². The third-order valence-corrected chi connectivity index (χ3v) is 3.42. The van der Waals surface area contributed by atoms with Crippen LogP contribution in [0.3, 0.4) is 0 Å². The zero-order valence-corrected chi connectivity index (χ0v) is 11.7. The molecule has 1 rings (SSSR count). The number of likely N-dealkylation sites (tertiary alicyclic amines) is 1. The minimum Gasteiger partial charge on any atom is -0.334 e. The molecule has 2 atom stereocenters. The lowest BCUT2D eigenvalue weighted by atomic mass is 10.1. The summed E-state index contributed by atoms with van der Waals surface area (Å²) >= 11 is 0. The van der Waals surface area contributed by atoms with Gasteiger partial charge in [0.05, 0.1) is 6.04 Å². The molecule has 0 saturated carbocycles. The average Bonchev–Trinajstić information content (AvgIpc) is 2.35. The number of rotatable bonds is 4. The van der Waals surface area contributed by atoms with Gasteiger partial charge < -0.3 is 15.5 Å². The SMILES string of the molecule is C#C[C@H](NC(=O)N[C@H]1CCCN(CC)C1)C(C)C. The Morgan fingerprint density at radius 3 is 2.83 bits per heavy atom. The third kappa shape index (κ3) is 4.58. The molecular weight excluding hydrogens is 226 g/mol. The van der Waals surface area contributed by atoms with Crippen LogP contribution in [0.25, 0.3) is 0 Å². The topological polar surface area (TPSA) is 44.4 Å². The third-order valence-electron chi connectivity index (χ3n) is 3.42. The first kappa shape index (κ1) is 14.8. The summed E-state index contributed by atoms with van der Waals surface area (Å²) in [6, 6.07) is -0.102. The van der Waals surface area contributed by atoms with Gasteiger partial charge in [-0.3, -0.25) is 0 Å². The molecule has 0 aliphatic carbocycles. The molecule has 4 nitrogen and oxygen atoms in total. The molecule has 0 bridgehead atoms. The highest BCUT2D eigenvalue weighted by molar-refractivity contribution is 5.75. The van der Waals surface area contributed by atoms with Crippen LogP contribution in [0.2, 0.25) is 0 Å². The van der Waals surface area contributed by atoms with Crippen molar-refractivity contribution in [1.29, 1.82) is 0 Å². The van der Waals surface area contributed by atoms with Crippen LogP contribution < -0.4 is 10.6 Å². The highest BCUT2D eigenvalue weighted by Crippen LogP contribution is 2.09. The molecule has 1 fully saturated rings. The molecule has 4 heteroatoms. The largest absolute Gasteiger partial charge is 0.334 e. The van der Waals surface area contributed by atoms with Gasteiger partial charge in [-0.25, -0.2) is 4.79 Å². The fourth-order valence-electron chi connectivity index (χ4n) is 2.23. The number of nitrogens with zero attached hydrogens (tertiary/aromatic N) is 1. The van der Waals surface area contributed by atoms with Gasteiger partial charge in [0.15, 0.2) is 0 Å². The molecule has 0 aromatic heterocycles. The van der Waals surface area contributed by atoms with Crippen LogP contribution in [0.4, 0.5) is 4.79 Å². The van der Waals surface area contributed by atoms with Crippen LogP contribution in [0.5, 0.6) is 0 Å². The Morgan fingerprint density at radius 2 is 2.28 bits per heavy atom. The van der Waals surface area contributed by atoms with E-state index in [2.05, 4.69) is 28.4 Å². The van der Waals surface area contributed by atoms with Crippen molar-refractivity contribution in [2.75, 3.05) is 19.6 Å². The second-order valence-electron chi connectivity index (χ2n) is 5.24. The monoisotopic (exact) mass is 251 g/mol. The van der Waals surface area contributed by atoms with Gasteiger partial charge in [0.25, 0.3) is 0 Å². The number of likely N-dealkylation sites (N-methyl/N-ethyl adjacent to an activating group) is 1. The summed E-state index contributed by atoms with van der Waals surface area (Å²) < 4.78 is 0. The number of hydrogen-bond acceptors (Lipinski definition) is 2. The second kappa shape index (κ2) is 7.27. The molecule has 1 aliphatic heterocycles. The fraction of sp³-hybridized carbons (Fsp3) is 0.786. The lowest BCUT2D eigenvalue weighted by Crippen LogP contribution is -2.52. The van der Waals surface area contributed by atoms with E-state index in [1.165, 1.54) is 0 Å². The van der Waals surface area contributed by atoms with Crippen molar-refractivity contribution in [3.05, 3.63) is 0 Å². The number of terminal acetylenes is 1. The van der Waals surface area contributed by atoms with Gasteiger partial charge in [0.2, 0.25) is 0 Å². The highest BCUT2D eigenvalue weighted by Gasteiger charge is 2.21. The molecule has 0 radical (unpaired) electrons. The second-order valence-corrected chi connectivity index (χ2v) is 5.24. The van der Waals surface area contributed by atoms with E-state index in [0.29, 0.717) is 0 Å². The van der Waals surface area contributed by atoms with Crippen LogP contribution in [0.1, 0.15) is 33.6 Å². The zero-order chi connectivity index (χ0) is 13.5. The highest BCUT2D eigenvalue weighted by atomic mass is 16.2. The Kier molecular flexibility index (Phi) is 6.00. The quantitative estimate of drug-likeness (QED) is 0.742. The molecule has 0 aromatic rings. The number of hydrogen-bond donors (Lipinski definition) is 2. The Morgan fingerprint density at radius 1 is 1.56 bits per heavy atom. The van der Waals surface area contributed by atoms with Gasteiger partial charge in [-0.05, 0) is 31.8 Å². The lowest BCUT2D eigenvalue weighted by molar-refractivity contribution is 0.191. The molecular formula is C14H25N3O. The smallest absolute Gasteiger partial charge is 0.316 e. The van der Waals surface area contributed by atoms with Crippen molar-refractivity contribution in [2.45, 2.75) is 45.7 Å². The predicted molar refractivity (Wildman–Crippen MR) is 74.3 cm³/mol. The Labute approximate surface area is 110 Å². The maximum Gasteiger partial charge on any atom is 0.316 e. The summed E-state index contributed by atoms with van der Waals surface area (Å²) in [6.45, 7) is 9.27. The summed E-state index contributed by atoms with van der Waals surface area (Å²) in [5.41, 5.74) is 0. The van der Waals surface area contributed by atoms with Gasteiger partial charge in [-0.1, -0.05) is 26.7 Å². The van der Waals surface area contributed by atoms with E-state index in [9.17, 15) is 4.79 Å². The Hall–Kier alpha value is -1.21. The Bertz CT molecular complexity index is 309. The molecule has 1 saturated heterocycles. The zero-order valence-electron chi connectivity index (χ0n) is 11.7. The number of piperidine rings is 1. The van der Waals surface area contributed by atoms with E-state index in [1.54, 1.807) is 0 Å². The fourth-order valence-corrected chi connectivity index (χ4v) is 2.23. The first-order chi connectivity index (χ1) is 8.56. The summed E-state index contributed by atoms with van der Waals surface area (Å²) in [6.07, 6.45) is 7.59. The number of amides is 2. The lowest BCUT2D eigenvalue weighted by Gasteiger charge is -2.32. The molecule has 1 aliphatic rings. The minimum atomic E-state index is -0.198. The van der Waals surface area contributed by atoms with E-state index in [-0.39, 0.29) is 24.0 Å². The maximum absolute atomic E-state index is 11.8. The summed E-state index contributed by atoms with van der Waals surface area (Å²) in [7, 11) is 0. The molecule has 102 valence electrons. The number of nitrogens with one attached hydrogen (secondary N) is 2. The first-order valence-electron chi connectivity index (χ1n) is 6.82. The van der Waals surface area contributed by atoms with Gasteiger partial charge in [0, 0.05) is 12.6 Å². The summed E-state index contributed by atoms with van der Waals surface area (Å²) in [5.74, 6) is 2.86. The maximum atomic E-state index is 11.8. The van der Waals surface area contributed by atoms with Gasteiger partial charge in [-0.2, -0.15) is 0 Å². The molecule has 0 spiro atoms. The van der Waals surface area contributed by atoms with Crippen molar-refractivity contribution < 1.29 is 4.79 Å².